The number of hydrogen-bond donors (Lipinski definition) is 27. The lowest BCUT2D eigenvalue weighted by Gasteiger charge is -2.25. The first-order valence-electron chi connectivity index (χ1n) is 37.9. The van der Waals surface area contributed by atoms with Crippen molar-refractivity contribution in [1.82, 2.24) is 33.4 Å². The van der Waals surface area contributed by atoms with Gasteiger partial charge in [-0.3, -0.25) is 66.9 Å². The summed E-state index contributed by atoms with van der Waals surface area (Å²) in [7, 11) is -11.1. The minimum Gasteiger partial charge on any atom is -0.480 e. The molecule has 3 aromatic carbocycles. The average Bonchev–Trinajstić information content (AvgIpc) is 1.63. The summed E-state index contributed by atoms with van der Waals surface area (Å²) in [6, 6.07) is 0. The van der Waals surface area contributed by atoms with E-state index < -0.39 is 189 Å². The summed E-state index contributed by atoms with van der Waals surface area (Å²) in [5.74, 6) is -9.07. The van der Waals surface area contributed by atoms with Gasteiger partial charge in [-0.2, -0.15) is 30.5 Å². The maximum absolute atomic E-state index is 12.6. The SMILES string of the molecule is CCNc1c(N2C[C@H](CCCB(O)O)[C@](N)(C(=O)O)C2)c(=O)c1=O.CNc1c(N2C[C@H](CCCB(O)O)[C@](N)(C(=O)O)C2)c(=O)c1=O.Cn1ncc(NS(=O)(=O)N2C[C@H](CCCB(O)O)[C@](N)(C(=O)O)C2)c1N.Cn1nnc(N)c1NS(=O)(=O)N1C[C@H](CCCB(O)O)[C@](N)(C(=O)O)C1.Nc1c(N2C[C@H](CCCB(O)O)[C@](N)(C(=O)O)C2)c(=O)c1=O. The normalized spacial score (nSPS) is 24.1. The molecule has 0 unspecified atom stereocenters. The first-order valence-corrected chi connectivity index (χ1v) is 40.8. The molecule has 0 aliphatic carbocycles. The van der Waals surface area contributed by atoms with Gasteiger partial charge in [0.2, 0.25) is 0 Å². The minimum absolute atomic E-state index is 0.0331. The van der Waals surface area contributed by atoms with Crippen molar-refractivity contribution >= 4 is 143 Å². The number of nitrogen functional groups attached to an aromatic ring is 3. The van der Waals surface area contributed by atoms with E-state index in [0.29, 0.717) is 51.5 Å². The molecule has 0 radical (unpaired) electrons. The molecule has 0 bridgehead atoms. The number of nitrogens with zero attached hydrogens (tertiary/aromatic N) is 10. The fourth-order valence-corrected chi connectivity index (χ4v) is 17.9. The standard InChI is InChI=1S/C14H22BN3O6.C13H20BN3O6.C12H23BN6O6S.C12H18BN3O6.C11H22BN7O6S/c1-2-17-9-10(12(20)11(9)19)18-6-8(4-3-5-15(23)24)14(16,7-18)13(21)22;1-16-8-9(11(19)10(8)18)17-5-7(3-2-4-14(22)23)13(15,6-17)12(20)21;1-18-10(14)9(5-16-18)17-26(24,25)19-6-8(3-2-4-13(22)23)12(15,7-19)11(20)21;14-7-8(10(18)9(7)17)16-4-6(2-1-3-13(21)22)12(15,5-16)11(19)20;1-18-9(8(13)15-17-18)16-26(24,25)19-5-7(3-2-4-12(22)23)11(14,6-19)10(20)21/h8,17,23-24H,2-7,16H2,1H3,(H,21,22);7,16,22-23H,2-6,15H2,1H3,(H,20,21);5,8,17,22-23H,2-4,6-7,14-15H2,1H3,(H,20,21);6,21-22H,1-5,14-15H2,(H,19,20);7,16,22-23H,2-6,13-14H2,1H3,(H,20,21)/t8-,14-;7-,13-;8-,12-;6-,12-;7-,11-/m00000/s1. The Morgan fingerprint density at radius 3 is 1.05 bits per heavy atom. The minimum atomic E-state index is -4.15. The molecule has 5 aromatic rings. The van der Waals surface area contributed by atoms with Crippen LogP contribution in [0.1, 0.15) is 71.1 Å². The quantitative estimate of drug-likeness (QED) is 0.0130. The van der Waals surface area contributed by atoms with Gasteiger partial charge in [-0.25, -0.2) is 4.68 Å². The molecule has 35 N–H and O–H groups in total. The maximum Gasteiger partial charge on any atom is 0.451 e. The van der Waals surface area contributed by atoms with Crippen LogP contribution in [0, 0.1) is 29.6 Å². The number of nitrogens with two attached hydrogens (primary N) is 8. The predicted octanol–water partition coefficient (Wildman–Crippen LogP) is -12.0. The third-order valence-corrected chi connectivity index (χ3v) is 25.2. The molecule has 59 heteroatoms. The zero-order valence-corrected chi connectivity index (χ0v) is 68.1. The van der Waals surface area contributed by atoms with Crippen molar-refractivity contribution in [3.05, 3.63) is 67.5 Å². The van der Waals surface area contributed by atoms with Crippen LogP contribution in [-0.4, -0.2) is 298 Å². The zero-order chi connectivity index (χ0) is 91.5. The second-order valence-electron chi connectivity index (χ2n) is 30.7. The number of nitrogens with one attached hydrogen (secondary N) is 4. The molecule has 10 rings (SSSR count). The molecule has 670 valence electrons. The predicted molar refractivity (Wildman–Crippen MR) is 441 cm³/mol. The topological polar surface area (TPSA) is 881 Å². The van der Waals surface area contributed by atoms with E-state index in [4.69, 9.17) is 96.1 Å². The van der Waals surface area contributed by atoms with Gasteiger partial charge in [0, 0.05) is 123 Å². The molecule has 0 spiro atoms. The zero-order valence-electron chi connectivity index (χ0n) is 66.5. The molecule has 10 atom stereocenters. The summed E-state index contributed by atoms with van der Waals surface area (Å²) in [6.07, 6.45) is 5.00. The Labute approximate surface area is 691 Å². The van der Waals surface area contributed by atoms with Crippen molar-refractivity contribution in [3.63, 3.8) is 0 Å². The fourth-order valence-electron chi connectivity index (χ4n) is 15.2. The smallest absolute Gasteiger partial charge is 0.451 e. The molecule has 5 saturated heterocycles. The highest BCUT2D eigenvalue weighted by Gasteiger charge is 2.57. The number of aliphatic carboxylic acids is 5. The Morgan fingerprint density at radius 1 is 0.455 bits per heavy atom. The Balaban J connectivity index is 0.000000235. The summed E-state index contributed by atoms with van der Waals surface area (Å²) in [4.78, 5) is 132. The number of carboxylic acids is 5. The van der Waals surface area contributed by atoms with Crippen molar-refractivity contribution in [2.45, 2.75) is 130 Å². The van der Waals surface area contributed by atoms with Crippen molar-refractivity contribution in [1.29, 1.82) is 0 Å². The number of carbonyl (C=O) groups is 5. The van der Waals surface area contributed by atoms with E-state index in [1.807, 2.05) is 0 Å². The van der Waals surface area contributed by atoms with Crippen LogP contribution in [0.3, 0.4) is 0 Å². The lowest BCUT2D eigenvalue weighted by molar-refractivity contribution is -0.145. The van der Waals surface area contributed by atoms with E-state index in [1.54, 1.807) is 18.9 Å². The van der Waals surface area contributed by atoms with Gasteiger partial charge in [-0.1, -0.05) is 37.3 Å². The van der Waals surface area contributed by atoms with Crippen molar-refractivity contribution in [2.75, 3.05) is 131 Å². The molecular formula is C62H105B5N22O30S2. The summed E-state index contributed by atoms with van der Waals surface area (Å²) < 4.78 is 59.2. The molecular weight excluding hydrogens is 1650 g/mol. The van der Waals surface area contributed by atoms with Crippen LogP contribution >= 0.6 is 0 Å². The fraction of sp³-hybridized carbons (Fsp3) is 0.645. The highest BCUT2D eigenvalue weighted by atomic mass is 32.2. The van der Waals surface area contributed by atoms with Gasteiger partial charge in [0.1, 0.15) is 73.3 Å². The van der Waals surface area contributed by atoms with Crippen molar-refractivity contribution in [2.24, 2.45) is 72.4 Å². The first-order chi connectivity index (χ1) is 56.1. The van der Waals surface area contributed by atoms with Crippen LogP contribution in [0.2, 0.25) is 31.6 Å². The number of aryl methyl sites for hydroxylation is 2. The summed E-state index contributed by atoms with van der Waals surface area (Å²) >= 11 is 0. The van der Waals surface area contributed by atoms with Gasteiger partial charge < -0.3 is 147 Å². The number of hydrogen-bond acceptors (Lipinski definition) is 41. The second-order valence-corrected chi connectivity index (χ2v) is 34.0. The molecule has 5 aliphatic heterocycles. The van der Waals surface area contributed by atoms with E-state index in [9.17, 15) is 95.1 Å². The Kier molecular flexibility index (Phi) is 33.7. The maximum atomic E-state index is 12.6. The Morgan fingerprint density at radius 2 is 0.760 bits per heavy atom. The van der Waals surface area contributed by atoms with Crippen LogP contribution in [0.4, 0.5) is 57.3 Å². The van der Waals surface area contributed by atoms with Crippen LogP contribution in [0.5, 0.6) is 0 Å². The van der Waals surface area contributed by atoms with Crippen LogP contribution < -0.4 is 113 Å². The molecule has 121 heavy (non-hydrogen) atoms. The lowest BCUT2D eigenvalue weighted by Crippen LogP contribution is -2.55. The first kappa shape index (κ1) is 100. The summed E-state index contributed by atoms with van der Waals surface area (Å²) in [5, 5.41) is 153. The average molecular weight is 1760 g/mol. The number of aromatic nitrogens is 5. The van der Waals surface area contributed by atoms with E-state index in [0.717, 1.165) is 13.3 Å². The van der Waals surface area contributed by atoms with Gasteiger partial charge in [0.05, 0.1) is 6.20 Å². The van der Waals surface area contributed by atoms with Crippen molar-refractivity contribution in [3.8, 4) is 0 Å². The molecule has 52 nitrogen and oxygen atoms in total. The number of anilines is 10. The van der Waals surface area contributed by atoms with E-state index in [-0.39, 0.29) is 160 Å². The highest BCUT2D eigenvalue weighted by molar-refractivity contribution is 7.90. The van der Waals surface area contributed by atoms with Crippen LogP contribution in [0.15, 0.2) is 35.0 Å². The largest absolute Gasteiger partial charge is 0.480 e. The van der Waals surface area contributed by atoms with E-state index >= 15 is 0 Å². The number of rotatable bonds is 37. The summed E-state index contributed by atoms with van der Waals surface area (Å²) in [6.45, 7) is 1.53. The van der Waals surface area contributed by atoms with Gasteiger partial charge in [-0.15, -0.1) is 5.10 Å². The second kappa shape index (κ2) is 40.7. The molecule has 5 fully saturated rings. The van der Waals surface area contributed by atoms with E-state index in [1.165, 1.54) is 34.8 Å². The molecule has 2 aromatic heterocycles. The third-order valence-electron chi connectivity index (χ3n) is 22.3. The Hall–Kier alpha value is -9.52. The summed E-state index contributed by atoms with van der Waals surface area (Å²) in [5.41, 5.74) is 35.3. The van der Waals surface area contributed by atoms with Gasteiger partial charge >= 0.3 is 85.9 Å². The van der Waals surface area contributed by atoms with Gasteiger partial charge in [-0.05, 0) is 70.6 Å². The van der Waals surface area contributed by atoms with Crippen molar-refractivity contribution < 1.29 is 117 Å². The highest BCUT2D eigenvalue weighted by Crippen LogP contribution is 2.40. The third kappa shape index (κ3) is 22.9. The Bertz CT molecular complexity index is 4940. The molecule has 5 aliphatic rings. The molecule has 0 amide bonds. The van der Waals surface area contributed by atoms with Crippen LogP contribution in [0.25, 0.3) is 0 Å². The lowest BCUT2D eigenvalue weighted by atomic mass is 9.78. The van der Waals surface area contributed by atoms with Crippen LogP contribution in [-0.2, 0) is 58.5 Å². The molecule has 0 saturated carbocycles. The number of carboxylic acid groups (broad SMARTS) is 5. The van der Waals surface area contributed by atoms with Gasteiger partial charge in [0.25, 0.3) is 32.6 Å². The monoisotopic (exact) mass is 1760 g/mol. The van der Waals surface area contributed by atoms with E-state index in [2.05, 4.69) is 35.5 Å². The van der Waals surface area contributed by atoms with Gasteiger partial charge in [0.15, 0.2) is 11.6 Å². The molecule has 7 heterocycles.